The summed E-state index contributed by atoms with van der Waals surface area (Å²) in [5.74, 6) is 0.561. The van der Waals surface area contributed by atoms with Gasteiger partial charge in [0.2, 0.25) is 0 Å². The van der Waals surface area contributed by atoms with E-state index in [2.05, 4.69) is 46.6 Å². The van der Waals surface area contributed by atoms with Crippen molar-refractivity contribution in [3.05, 3.63) is 90.0 Å². The molecule has 0 radical (unpaired) electrons. The number of rotatable bonds is 4. The van der Waals surface area contributed by atoms with E-state index in [1.807, 2.05) is 25.1 Å². The molecular formula is C25H24ClN3O2. The molecule has 0 bridgehead atoms. The average Bonchev–Trinajstić information content (AvgIpc) is 3.46. The molecule has 4 aromatic rings. The van der Waals surface area contributed by atoms with Gasteiger partial charge in [0.05, 0.1) is 11.8 Å². The van der Waals surface area contributed by atoms with Gasteiger partial charge in [0.1, 0.15) is 0 Å². The number of anilines is 2. The fourth-order valence-electron chi connectivity index (χ4n) is 4.25. The van der Waals surface area contributed by atoms with Crippen molar-refractivity contribution >= 4 is 40.6 Å². The molecule has 6 heteroatoms. The second-order valence-corrected chi connectivity index (χ2v) is 7.79. The lowest BCUT2D eigenvalue weighted by molar-refractivity contribution is 0.0996. The number of nitrogens with zero attached hydrogens (tertiary/aromatic N) is 2. The number of furan rings is 1. The third-order valence-corrected chi connectivity index (χ3v) is 5.72. The number of hydrogen-bond acceptors (Lipinski definition) is 4. The number of halogens is 1. The predicted octanol–water partition coefficient (Wildman–Crippen LogP) is 5.80. The zero-order valence-corrected chi connectivity index (χ0v) is 18.1. The highest BCUT2D eigenvalue weighted by molar-refractivity contribution is 6.04. The molecular weight excluding hydrogens is 410 g/mol. The molecule has 1 unspecified atom stereocenters. The highest BCUT2D eigenvalue weighted by Crippen LogP contribution is 2.35. The molecule has 5 rings (SSSR count). The van der Waals surface area contributed by atoms with Crippen LogP contribution in [0.2, 0.25) is 0 Å². The number of aryl methyl sites for hydroxylation is 1. The van der Waals surface area contributed by atoms with Crippen molar-refractivity contribution in [1.82, 2.24) is 4.98 Å². The molecule has 1 N–H and O–H groups in total. The van der Waals surface area contributed by atoms with Crippen LogP contribution in [0.3, 0.4) is 0 Å². The molecule has 0 aliphatic carbocycles. The van der Waals surface area contributed by atoms with Crippen LogP contribution in [-0.2, 0) is 0 Å². The number of fused-ring (bicyclic) bond motifs is 1. The van der Waals surface area contributed by atoms with Crippen molar-refractivity contribution in [2.24, 2.45) is 0 Å². The van der Waals surface area contributed by atoms with Crippen LogP contribution in [0.1, 0.15) is 34.2 Å². The summed E-state index contributed by atoms with van der Waals surface area (Å²) in [7, 11) is 0. The molecule has 1 amide bonds. The van der Waals surface area contributed by atoms with E-state index in [0.29, 0.717) is 11.7 Å². The Labute approximate surface area is 187 Å². The normalized spacial score (nSPS) is 15.6. The standard InChI is InChI=1S/C25H23N3O2.ClH/c1-17-14-23(28-12-11-19(16-28)18-6-3-2-4-7-18)21-15-20(9-10-22(21)26-17)27-25(29)24-8-5-13-30-24;/h2-10,13-15,19H,11-12,16H2,1H3,(H,27,29);1H. The van der Waals surface area contributed by atoms with E-state index in [-0.39, 0.29) is 18.3 Å². The second kappa shape index (κ2) is 8.82. The maximum absolute atomic E-state index is 12.4. The molecule has 1 aliphatic rings. The van der Waals surface area contributed by atoms with E-state index in [9.17, 15) is 4.79 Å². The van der Waals surface area contributed by atoms with Gasteiger partial charge in [-0.1, -0.05) is 30.3 Å². The molecule has 0 saturated carbocycles. The minimum Gasteiger partial charge on any atom is -0.459 e. The number of amides is 1. The predicted molar refractivity (Wildman–Crippen MR) is 126 cm³/mol. The second-order valence-electron chi connectivity index (χ2n) is 7.79. The van der Waals surface area contributed by atoms with Crippen molar-refractivity contribution in [3.63, 3.8) is 0 Å². The zero-order chi connectivity index (χ0) is 20.5. The minimum absolute atomic E-state index is 0. The number of hydrogen-bond donors (Lipinski definition) is 1. The molecule has 1 aliphatic heterocycles. The number of nitrogens with one attached hydrogen (secondary N) is 1. The summed E-state index contributed by atoms with van der Waals surface area (Å²) in [6.45, 7) is 4.01. The van der Waals surface area contributed by atoms with Crippen LogP contribution in [0, 0.1) is 6.92 Å². The lowest BCUT2D eigenvalue weighted by Gasteiger charge is -2.22. The minimum atomic E-state index is -0.258. The number of carbonyl (C=O) groups is 1. The van der Waals surface area contributed by atoms with Gasteiger partial charge in [-0.2, -0.15) is 0 Å². The first-order chi connectivity index (χ1) is 14.7. The van der Waals surface area contributed by atoms with Crippen LogP contribution < -0.4 is 10.2 Å². The number of pyridine rings is 1. The van der Waals surface area contributed by atoms with Crippen molar-refractivity contribution in [2.75, 3.05) is 23.3 Å². The maximum atomic E-state index is 12.4. The van der Waals surface area contributed by atoms with Gasteiger partial charge in [0, 0.05) is 41.5 Å². The van der Waals surface area contributed by atoms with E-state index < -0.39 is 0 Å². The topological polar surface area (TPSA) is 58.4 Å². The molecule has 158 valence electrons. The molecule has 1 saturated heterocycles. The van der Waals surface area contributed by atoms with Gasteiger partial charge in [-0.05, 0) is 55.3 Å². The summed E-state index contributed by atoms with van der Waals surface area (Å²) in [5.41, 5.74) is 5.22. The van der Waals surface area contributed by atoms with Crippen LogP contribution in [-0.4, -0.2) is 24.0 Å². The number of carbonyl (C=O) groups excluding carboxylic acids is 1. The lowest BCUT2D eigenvalue weighted by atomic mass is 9.99. The lowest BCUT2D eigenvalue weighted by Crippen LogP contribution is -2.20. The Morgan fingerprint density at radius 1 is 1.10 bits per heavy atom. The summed E-state index contributed by atoms with van der Waals surface area (Å²) in [6.07, 6.45) is 2.62. The Balaban J connectivity index is 0.00000231. The molecule has 1 atom stereocenters. The van der Waals surface area contributed by atoms with Crippen LogP contribution >= 0.6 is 12.4 Å². The van der Waals surface area contributed by atoms with E-state index in [1.165, 1.54) is 17.5 Å². The van der Waals surface area contributed by atoms with Gasteiger partial charge in [-0.15, -0.1) is 12.4 Å². The molecule has 2 aromatic heterocycles. The van der Waals surface area contributed by atoms with Crippen molar-refractivity contribution in [2.45, 2.75) is 19.3 Å². The first-order valence-electron chi connectivity index (χ1n) is 10.2. The summed E-state index contributed by atoms with van der Waals surface area (Å²) in [4.78, 5) is 19.5. The Bertz CT molecular complexity index is 1190. The Kier molecular flexibility index (Phi) is 5.96. The van der Waals surface area contributed by atoms with Gasteiger partial charge in [0.15, 0.2) is 5.76 Å². The molecule has 31 heavy (non-hydrogen) atoms. The molecule has 3 heterocycles. The van der Waals surface area contributed by atoms with Crippen molar-refractivity contribution < 1.29 is 9.21 Å². The first-order valence-corrected chi connectivity index (χ1v) is 10.2. The quantitative estimate of drug-likeness (QED) is 0.441. The van der Waals surface area contributed by atoms with Crippen LogP contribution in [0.4, 0.5) is 11.4 Å². The molecule has 1 fully saturated rings. The molecule has 0 spiro atoms. The van der Waals surface area contributed by atoms with Crippen molar-refractivity contribution in [3.8, 4) is 0 Å². The fraction of sp³-hybridized carbons (Fsp3) is 0.200. The van der Waals surface area contributed by atoms with Crippen molar-refractivity contribution in [1.29, 1.82) is 0 Å². The van der Waals surface area contributed by atoms with Crippen LogP contribution in [0.5, 0.6) is 0 Å². The fourth-order valence-corrected chi connectivity index (χ4v) is 4.25. The maximum Gasteiger partial charge on any atom is 0.291 e. The average molecular weight is 434 g/mol. The van der Waals surface area contributed by atoms with E-state index >= 15 is 0 Å². The summed E-state index contributed by atoms with van der Waals surface area (Å²) < 4.78 is 5.20. The van der Waals surface area contributed by atoms with E-state index in [1.54, 1.807) is 12.1 Å². The van der Waals surface area contributed by atoms with Gasteiger partial charge in [-0.3, -0.25) is 9.78 Å². The number of aromatic nitrogens is 1. The SMILES string of the molecule is Cc1cc(N2CCC(c3ccccc3)C2)c2cc(NC(=O)c3ccco3)ccc2n1.Cl. The third kappa shape index (κ3) is 4.28. The summed E-state index contributed by atoms with van der Waals surface area (Å²) >= 11 is 0. The highest BCUT2D eigenvalue weighted by atomic mass is 35.5. The number of benzene rings is 2. The van der Waals surface area contributed by atoms with Crippen LogP contribution in [0.25, 0.3) is 10.9 Å². The Hall–Kier alpha value is -3.31. The summed E-state index contributed by atoms with van der Waals surface area (Å²) in [5, 5.41) is 3.97. The zero-order valence-electron chi connectivity index (χ0n) is 17.2. The largest absolute Gasteiger partial charge is 0.459 e. The molecule has 5 nitrogen and oxygen atoms in total. The highest BCUT2D eigenvalue weighted by Gasteiger charge is 2.25. The Morgan fingerprint density at radius 3 is 2.71 bits per heavy atom. The van der Waals surface area contributed by atoms with Gasteiger partial charge >= 0.3 is 0 Å². The van der Waals surface area contributed by atoms with E-state index in [4.69, 9.17) is 9.40 Å². The Morgan fingerprint density at radius 2 is 1.94 bits per heavy atom. The van der Waals surface area contributed by atoms with E-state index in [0.717, 1.165) is 41.8 Å². The monoisotopic (exact) mass is 433 g/mol. The molecule has 2 aromatic carbocycles. The first kappa shape index (κ1) is 20.9. The van der Waals surface area contributed by atoms with Gasteiger partial charge < -0.3 is 14.6 Å². The smallest absolute Gasteiger partial charge is 0.291 e. The summed E-state index contributed by atoms with van der Waals surface area (Å²) in [6, 6.07) is 22.1. The van der Waals surface area contributed by atoms with Crippen LogP contribution in [0.15, 0.2) is 77.4 Å². The third-order valence-electron chi connectivity index (χ3n) is 5.72. The van der Waals surface area contributed by atoms with Gasteiger partial charge in [0.25, 0.3) is 5.91 Å². The van der Waals surface area contributed by atoms with Gasteiger partial charge in [-0.25, -0.2) is 0 Å².